The first-order chi connectivity index (χ1) is 14.8. The summed E-state index contributed by atoms with van der Waals surface area (Å²) in [6.07, 6.45) is -0.587. The number of nitrogens with zero attached hydrogens (tertiary/aromatic N) is 6. The van der Waals surface area contributed by atoms with E-state index < -0.39 is 29.3 Å². The molecule has 1 aliphatic heterocycles. The van der Waals surface area contributed by atoms with Crippen LogP contribution in [0.5, 0.6) is 0 Å². The molecule has 0 saturated carbocycles. The molecule has 0 aliphatic carbocycles. The fourth-order valence-electron chi connectivity index (χ4n) is 3.55. The molecule has 2 aromatic heterocycles. The first-order valence-electron chi connectivity index (χ1n) is 9.82. The molecule has 1 aromatic carbocycles. The van der Waals surface area contributed by atoms with Crippen LogP contribution in [0.25, 0.3) is 5.69 Å². The fraction of sp³-hybridized carbons (Fsp3) is 0.421. The van der Waals surface area contributed by atoms with Gasteiger partial charge in [-0.2, -0.15) is 13.2 Å². The molecule has 1 N–H and O–H groups in total. The lowest BCUT2D eigenvalue weighted by Gasteiger charge is -2.11. The van der Waals surface area contributed by atoms with E-state index in [9.17, 15) is 22.4 Å². The molecule has 31 heavy (non-hydrogen) atoms. The lowest BCUT2D eigenvalue weighted by Crippen LogP contribution is -2.29. The maximum absolute atomic E-state index is 13.7. The van der Waals surface area contributed by atoms with E-state index in [0.29, 0.717) is 16.9 Å². The smallest absolute Gasteiger partial charge is 0.350 e. The summed E-state index contributed by atoms with van der Waals surface area (Å²) in [5.74, 6) is -0.0401. The third-order valence-electron chi connectivity index (χ3n) is 5.05. The van der Waals surface area contributed by atoms with Gasteiger partial charge in [-0.25, -0.2) is 9.07 Å². The Morgan fingerprint density at radius 1 is 1.06 bits per heavy atom. The highest BCUT2D eigenvalue weighted by molar-refractivity contribution is 5.93. The second kappa shape index (κ2) is 8.44. The summed E-state index contributed by atoms with van der Waals surface area (Å²) in [5, 5.41) is 17.6. The number of carbonyl (C=O) groups excluding carboxylic acids is 1. The van der Waals surface area contributed by atoms with Crippen molar-refractivity contribution in [2.24, 2.45) is 0 Å². The van der Waals surface area contributed by atoms with Gasteiger partial charge < -0.3 is 9.88 Å². The van der Waals surface area contributed by atoms with Crippen LogP contribution < -0.4 is 5.32 Å². The molecule has 4 rings (SSSR count). The molecule has 0 saturated heterocycles. The number of hydrogen-bond donors (Lipinski definition) is 1. The summed E-state index contributed by atoms with van der Waals surface area (Å²) in [4.78, 5) is 12.5. The molecule has 0 unspecified atom stereocenters. The van der Waals surface area contributed by atoms with E-state index >= 15 is 0 Å². The lowest BCUT2D eigenvalue weighted by molar-refractivity contribution is -0.143. The zero-order chi connectivity index (χ0) is 22.0. The molecule has 3 heterocycles. The summed E-state index contributed by atoms with van der Waals surface area (Å²) in [6, 6.07) is 4.24. The Kier molecular flexibility index (Phi) is 5.70. The van der Waals surface area contributed by atoms with Gasteiger partial charge in [-0.1, -0.05) is 11.6 Å². The summed E-state index contributed by atoms with van der Waals surface area (Å²) in [7, 11) is 0. The minimum absolute atomic E-state index is 0.0635. The van der Waals surface area contributed by atoms with Crippen molar-refractivity contribution >= 4 is 5.91 Å². The van der Waals surface area contributed by atoms with Gasteiger partial charge >= 0.3 is 6.18 Å². The van der Waals surface area contributed by atoms with Crippen molar-refractivity contribution in [3.8, 4) is 5.69 Å². The second-order valence-corrected chi connectivity index (χ2v) is 7.17. The number of nitrogens with one attached hydrogen (secondary N) is 1. The second-order valence-electron chi connectivity index (χ2n) is 7.17. The Labute approximate surface area is 174 Å². The lowest BCUT2D eigenvalue weighted by atomic mass is 10.2. The highest BCUT2D eigenvalue weighted by Crippen LogP contribution is 2.32. The number of aromatic nitrogens is 6. The molecule has 12 heteroatoms. The first kappa shape index (κ1) is 20.9. The van der Waals surface area contributed by atoms with Gasteiger partial charge in [0.05, 0.1) is 5.69 Å². The average molecular weight is 437 g/mol. The summed E-state index contributed by atoms with van der Waals surface area (Å²) in [6.45, 7) is 0.855. The third-order valence-corrected chi connectivity index (χ3v) is 5.05. The number of carbonyl (C=O) groups is 1. The van der Waals surface area contributed by atoms with Crippen LogP contribution >= 0.6 is 0 Å². The molecular formula is C19H19F4N7O. The number of benzene rings is 1. The van der Waals surface area contributed by atoms with Crippen molar-refractivity contribution in [1.82, 2.24) is 35.1 Å². The van der Waals surface area contributed by atoms with E-state index in [1.165, 1.54) is 0 Å². The monoisotopic (exact) mass is 437 g/mol. The van der Waals surface area contributed by atoms with Gasteiger partial charge in [0.2, 0.25) is 0 Å². The largest absolute Gasteiger partial charge is 0.435 e. The van der Waals surface area contributed by atoms with E-state index in [0.717, 1.165) is 62.3 Å². The molecule has 0 atom stereocenters. The summed E-state index contributed by atoms with van der Waals surface area (Å²) >= 11 is 0. The van der Waals surface area contributed by atoms with E-state index in [-0.39, 0.29) is 12.2 Å². The summed E-state index contributed by atoms with van der Waals surface area (Å²) in [5.41, 5.74) is -2.24. The topological polar surface area (TPSA) is 90.5 Å². The number of halogens is 4. The maximum Gasteiger partial charge on any atom is 0.435 e. The maximum atomic E-state index is 13.7. The zero-order valence-electron chi connectivity index (χ0n) is 16.4. The minimum Gasteiger partial charge on any atom is -0.350 e. The van der Waals surface area contributed by atoms with Gasteiger partial charge in [-0.05, 0) is 37.1 Å². The van der Waals surface area contributed by atoms with Crippen molar-refractivity contribution in [3.05, 3.63) is 53.1 Å². The van der Waals surface area contributed by atoms with Crippen LogP contribution in [-0.2, 0) is 25.6 Å². The molecule has 3 aromatic rings. The normalized spacial score (nSPS) is 14.2. The van der Waals surface area contributed by atoms with Gasteiger partial charge in [0.15, 0.2) is 11.4 Å². The van der Waals surface area contributed by atoms with Gasteiger partial charge in [-0.3, -0.25) is 4.79 Å². The average Bonchev–Trinajstić information content (AvgIpc) is 3.26. The Morgan fingerprint density at radius 3 is 2.58 bits per heavy atom. The fourth-order valence-corrected chi connectivity index (χ4v) is 3.55. The van der Waals surface area contributed by atoms with Crippen LogP contribution in [0.4, 0.5) is 17.6 Å². The molecule has 1 amide bonds. The molecule has 164 valence electrons. The van der Waals surface area contributed by atoms with E-state index in [2.05, 4.69) is 25.8 Å². The van der Waals surface area contributed by atoms with Crippen molar-refractivity contribution in [3.63, 3.8) is 0 Å². The quantitative estimate of drug-likeness (QED) is 0.620. The van der Waals surface area contributed by atoms with E-state index in [4.69, 9.17) is 0 Å². The highest BCUT2D eigenvalue weighted by atomic mass is 19.4. The number of fused-ring (bicyclic) bond motifs is 1. The van der Waals surface area contributed by atoms with Crippen LogP contribution in [0, 0.1) is 5.82 Å². The van der Waals surface area contributed by atoms with Crippen LogP contribution in [0.2, 0.25) is 0 Å². The van der Waals surface area contributed by atoms with Crippen molar-refractivity contribution in [2.75, 3.05) is 6.54 Å². The van der Waals surface area contributed by atoms with Crippen LogP contribution in [0.1, 0.15) is 47.1 Å². The SMILES string of the molecule is O=C(NCCc1nnc2n1CCCCC2)c1nnn(-c2ccc(F)cc2)c1C(F)(F)F. The van der Waals surface area contributed by atoms with Crippen molar-refractivity contribution in [2.45, 2.75) is 44.8 Å². The Balaban J connectivity index is 1.50. The van der Waals surface area contributed by atoms with E-state index in [1.807, 2.05) is 4.57 Å². The molecule has 0 fully saturated rings. The summed E-state index contributed by atoms with van der Waals surface area (Å²) < 4.78 is 56.6. The van der Waals surface area contributed by atoms with Gasteiger partial charge in [-0.15, -0.1) is 15.3 Å². The van der Waals surface area contributed by atoms with E-state index in [1.54, 1.807) is 0 Å². The third kappa shape index (κ3) is 4.42. The Hall–Kier alpha value is -3.31. The van der Waals surface area contributed by atoms with Crippen LogP contribution in [0.3, 0.4) is 0 Å². The number of amides is 1. The number of aryl methyl sites for hydroxylation is 1. The first-order valence-corrected chi connectivity index (χ1v) is 9.82. The molecular weight excluding hydrogens is 418 g/mol. The van der Waals surface area contributed by atoms with Crippen molar-refractivity contribution < 1.29 is 22.4 Å². The number of rotatable bonds is 5. The number of hydrogen-bond acceptors (Lipinski definition) is 5. The zero-order valence-corrected chi connectivity index (χ0v) is 16.4. The highest BCUT2D eigenvalue weighted by Gasteiger charge is 2.42. The predicted molar refractivity (Wildman–Crippen MR) is 99.9 cm³/mol. The molecule has 0 spiro atoms. The van der Waals surface area contributed by atoms with Gasteiger partial charge in [0.1, 0.15) is 17.5 Å². The van der Waals surface area contributed by atoms with Crippen molar-refractivity contribution in [1.29, 1.82) is 0 Å². The van der Waals surface area contributed by atoms with Crippen LogP contribution in [-0.4, -0.2) is 42.2 Å². The van der Waals surface area contributed by atoms with Gasteiger partial charge in [0, 0.05) is 25.9 Å². The molecule has 8 nitrogen and oxygen atoms in total. The minimum atomic E-state index is -4.89. The Morgan fingerprint density at radius 2 is 1.84 bits per heavy atom. The number of alkyl halides is 3. The Bertz CT molecular complexity index is 1070. The molecule has 0 radical (unpaired) electrons. The van der Waals surface area contributed by atoms with Crippen LogP contribution in [0.15, 0.2) is 24.3 Å². The van der Waals surface area contributed by atoms with Gasteiger partial charge in [0.25, 0.3) is 5.91 Å². The molecule has 1 aliphatic rings. The predicted octanol–water partition coefficient (Wildman–Crippen LogP) is 2.72. The molecule has 0 bridgehead atoms. The standard InChI is InChI=1S/C19H19F4N7O/c20-12-5-7-13(8-6-12)30-17(19(21,22)23)16(27-28-30)18(31)24-10-9-15-26-25-14-4-2-1-3-11-29(14)15/h5-8H,1-4,9-11H2,(H,24,31).